The van der Waals surface area contributed by atoms with Crippen molar-refractivity contribution in [1.82, 2.24) is 9.80 Å². The van der Waals surface area contributed by atoms with E-state index in [-0.39, 0.29) is 0 Å². The fourth-order valence-electron chi connectivity index (χ4n) is 6.16. The fraction of sp³-hybridized carbons (Fsp3) is 0.957. The Morgan fingerprint density at radius 2 is 1.73 bits per heavy atom. The Morgan fingerprint density at radius 3 is 2.42 bits per heavy atom. The molecule has 0 N–H and O–H groups in total. The molecule has 0 aromatic carbocycles. The fourth-order valence-corrected chi connectivity index (χ4v) is 6.16. The molecule has 3 fully saturated rings. The maximum Gasteiger partial charge on any atom is 0.197 e. The molecule has 0 aromatic heterocycles. The van der Waals surface area contributed by atoms with Gasteiger partial charge in [0.25, 0.3) is 0 Å². The number of hydrogen-bond donors (Lipinski definition) is 0. The van der Waals surface area contributed by atoms with Crippen LogP contribution in [-0.4, -0.2) is 47.5 Å². The molecule has 0 spiro atoms. The van der Waals surface area contributed by atoms with Gasteiger partial charge in [0.05, 0.1) is 12.6 Å². The Balaban J connectivity index is 1.44. The molecule has 3 nitrogen and oxygen atoms in total. The summed E-state index contributed by atoms with van der Waals surface area (Å²) in [7, 11) is 0. The Kier molecular flexibility index (Phi) is 5.81. The molecule has 1 saturated heterocycles. The van der Waals surface area contributed by atoms with Crippen LogP contribution in [0.4, 0.5) is 0 Å². The third-order valence-corrected chi connectivity index (χ3v) is 7.71. The zero-order valence-corrected chi connectivity index (χ0v) is 17.5. The average Bonchev–Trinajstić information content (AvgIpc) is 3.17. The SMILES string of the molecule is CC(C)C[C@@H]1CN2C(=NC[C@@H]2C2CCCCC2)N1CC1CCC(C)CC1. The van der Waals surface area contributed by atoms with Crippen LogP contribution in [0.5, 0.6) is 0 Å². The molecule has 148 valence electrons. The molecule has 0 bridgehead atoms. The topological polar surface area (TPSA) is 18.8 Å². The Morgan fingerprint density at radius 1 is 1.00 bits per heavy atom. The van der Waals surface area contributed by atoms with E-state index in [0.29, 0.717) is 6.04 Å². The van der Waals surface area contributed by atoms with E-state index < -0.39 is 0 Å². The molecule has 0 unspecified atom stereocenters. The van der Waals surface area contributed by atoms with Crippen LogP contribution < -0.4 is 0 Å². The van der Waals surface area contributed by atoms with Gasteiger partial charge < -0.3 is 9.80 Å². The van der Waals surface area contributed by atoms with Gasteiger partial charge in [0.15, 0.2) is 5.96 Å². The predicted molar refractivity (Wildman–Crippen MR) is 110 cm³/mol. The first kappa shape index (κ1) is 18.6. The maximum atomic E-state index is 5.14. The van der Waals surface area contributed by atoms with Crippen LogP contribution in [0, 0.1) is 23.7 Å². The van der Waals surface area contributed by atoms with Gasteiger partial charge in [-0.05, 0) is 55.8 Å². The minimum atomic E-state index is 0.708. The second-order valence-electron chi connectivity index (χ2n) is 10.3. The predicted octanol–water partition coefficient (Wildman–Crippen LogP) is 5.16. The third kappa shape index (κ3) is 3.92. The lowest BCUT2D eigenvalue weighted by atomic mass is 9.82. The van der Waals surface area contributed by atoms with Crippen molar-refractivity contribution in [3.63, 3.8) is 0 Å². The quantitative estimate of drug-likeness (QED) is 0.675. The number of fused-ring (bicyclic) bond motifs is 1. The van der Waals surface area contributed by atoms with Crippen molar-refractivity contribution in [1.29, 1.82) is 0 Å². The molecule has 4 aliphatic rings. The molecule has 3 heteroatoms. The molecule has 0 aromatic rings. The normalized spacial score (nSPS) is 35.9. The van der Waals surface area contributed by atoms with Crippen molar-refractivity contribution in [2.75, 3.05) is 19.6 Å². The van der Waals surface area contributed by atoms with Crippen molar-refractivity contribution < 1.29 is 0 Å². The van der Waals surface area contributed by atoms with E-state index in [2.05, 4.69) is 30.6 Å². The highest BCUT2D eigenvalue weighted by molar-refractivity contribution is 5.84. The van der Waals surface area contributed by atoms with Crippen LogP contribution in [0.2, 0.25) is 0 Å². The van der Waals surface area contributed by atoms with E-state index in [9.17, 15) is 0 Å². The second-order valence-corrected chi connectivity index (χ2v) is 10.3. The molecule has 26 heavy (non-hydrogen) atoms. The second kappa shape index (κ2) is 8.10. The minimum Gasteiger partial charge on any atom is -0.338 e. The summed E-state index contributed by atoms with van der Waals surface area (Å²) in [6.45, 7) is 10.8. The smallest absolute Gasteiger partial charge is 0.197 e. The average molecular weight is 360 g/mol. The number of nitrogens with zero attached hydrogens (tertiary/aromatic N) is 3. The van der Waals surface area contributed by atoms with Crippen LogP contribution in [0.1, 0.15) is 85.0 Å². The highest BCUT2D eigenvalue weighted by Gasteiger charge is 2.45. The van der Waals surface area contributed by atoms with Gasteiger partial charge >= 0.3 is 0 Å². The lowest BCUT2D eigenvalue weighted by molar-refractivity contribution is 0.193. The van der Waals surface area contributed by atoms with E-state index >= 15 is 0 Å². The van der Waals surface area contributed by atoms with Gasteiger partial charge in [-0.3, -0.25) is 4.99 Å². The number of rotatable bonds is 5. The summed E-state index contributed by atoms with van der Waals surface area (Å²) in [6.07, 6.45) is 14.3. The third-order valence-electron chi connectivity index (χ3n) is 7.71. The van der Waals surface area contributed by atoms with E-state index in [0.717, 1.165) is 36.3 Å². The summed E-state index contributed by atoms with van der Waals surface area (Å²) < 4.78 is 0. The first-order chi connectivity index (χ1) is 12.6. The molecule has 2 atom stereocenters. The Bertz CT molecular complexity index is 486. The van der Waals surface area contributed by atoms with Gasteiger partial charge in [0.1, 0.15) is 0 Å². The number of hydrogen-bond acceptors (Lipinski definition) is 3. The van der Waals surface area contributed by atoms with Gasteiger partial charge in [-0.15, -0.1) is 0 Å². The monoisotopic (exact) mass is 359 g/mol. The van der Waals surface area contributed by atoms with Gasteiger partial charge in [-0.25, -0.2) is 0 Å². The van der Waals surface area contributed by atoms with Crippen molar-refractivity contribution >= 4 is 5.96 Å². The first-order valence-electron chi connectivity index (χ1n) is 11.7. The zero-order chi connectivity index (χ0) is 18.1. The van der Waals surface area contributed by atoms with Gasteiger partial charge in [0, 0.05) is 19.1 Å². The highest BCUT2D eigenvalue weighted by atomic mass is 15.5. The molecule has 2 heterocycles. The van der Waals surface area contributed by atoms with E-state index in [1.165, 1.54) is 83.3 Å². The maximum absolute atomic E-state index is 5.14. The summed E-state index contributed by atoms with van der Waals surface area (Å²) in [5.41, 5.74) is 0. The van der Waals surface area contributed by atoms with Crippen LogP contribution >= 0.6 is 0 Å². The first-order valence-corrected chi connectivity index (χ1v) is 11.7. The van der Waals surface area contributed by atoms with Crippen molar-refractivity contribution in [3.05, 3.63) is 0 Å². The van der Waals surface area contributed by atoms with E-state index in [1.54, 1.807) is 0 Å². The van der Waals surface area contributed by atoms with Gasteiger partial charge in [0.2, 0.25) is 0 Å². The molecule has 2 saturated carbocycles. The molecule has 2 aliphatic heterocycles. The minimum absolute atomic E-state index is 0.708. The van der Waals surface area contributed by atoms with Crippen molar-refractivity contribution in [3.8, 4) is 0 Å². The standard InChI is InChI=1S/C23H41N3/c1-17(2)13-21-16-26-22(20-7-5-4-6-8-20)14-24-23(26)25(21)15-19-11-9-18(3)10-12-19/h17-22H,4-16H2,1-3H3/t18?,19?,21-,22-/m1/s1. The van der Waals surface area contributed by atoms with Crippen molar-refractivity contribution in [2.45, 2.75) is 97.1 Å². The van der Waals surface area contributed by atoms with Gasteiger partial charge in [-0.2, -0.15) is 0 Å². The summed E-state index contributed by atoms with van der Waals surface area (Å²) in [5, 5.41) is 0. The molecular weight excluding hydrogens is 318 g/mol. The molecular formula is C23H41N3. The van der Waals surface area contributed by atoms with Crippen LogP contribution in [0.15, 0.2) is 4.99 Å². The summed E-state index contributed by atoms with van der Waals surface area (Å²) in [6, 6.07) is 1.43. The largest absolute Gasteiger partial charge is 0.338 e. The molecule has 4 rings (SSSR count). The Hall–Kier alpha value is -0.730. The van der Waals surface area contributed by atoms with E-state index in [4.69, 9.17) is 4.99 Å². The van der Waals surface area contributed by atoms with E-state index in [1.807, 2.05) is 0 Å². The van der Waals surface area contributed by atoms with Crippen LogP contribution in [-0.2, 0) is 0 Å². The lowest BCUT2D eigenvalue weighted by Gasteiger charge is -2.34. The summed E-state index contributed by atoms with van der Waals surface area (Å²) in [5.74, 6) is 4.93. The molecule has 0 radical (unpaired) electrons. The lowest BCUT2D eigenvalue weighted by Crippen LogP contribution is -2.42. The molecule has 2 aliphatic carbocycles. The summed E-state index contributed by atoms with van der Waals surface area (Å²) in [4.78, 5) is 10.7. The molecule has 0 amide bonds. The number of guanidine groups is 1. The zero-order valence-electron chi connectivity index (χ0n) is 17.5. The van der Waals surface area contributed by atoms with Crippen LogP contribution in [0.3, 0.4) is 0 Å². The summed E-state index contributed by atoms with van der Waals surface area (Å²) >= 11 is 0. The van der Waals surface area contributed by atoms with Gasteiger partial charge in [-0.1, -0.05) is 52.9 Å². The van der Waals surface area contributed by atoms with Crippen molar-refractivity contribution in [2.24, 2.45) is 28.7 Å². The van der Waals surface area contributed by atoms with Crippen LogP contribution in [0.25, 0.3) is 0 Å². The Labute approximate surface area is 161 Å². The highest BCUT2D eigenvalue weighted by Crippen LogP contribution is 2.37. The number of aliphatic imine (C=N–C) groups is 1.